The summed E-state index contributed by atoms with van der Waals surface area (Å²) in [5.41, 5.74) is 5.61. The summed E-state index contributed by atoms with van der Waals surface area (Å²) < 4.78 is 0. The van der Waals surface area contributed by atoms with E-state index < -0.39 is 7.26 Å². The lowest BCUT2D eigenvalue weighted by Gasteiger charge is -2.27. The fraction of sp³-hybridized carbons (Fsp3) is 0.296. The van der Waals surface area contributed by atoms with Gasteiger partial charge in [0.15, 0.2) is 0 Å². The first kappa shape index (κ1) is 22.8. The van der Waals surface area contributed by atoms with Crippen LogP contribution in [0.15, 0.2) is 91.0 Å². The van der Waals surface area contributed by atoms with Crippen molar-refractivity contribution in [2.24, 2.45) is 5.73 Å². The van der Waals surface area contributed by atoms with Crippen molar-refractivity contribution < 1.29 is 0 Å². The molecule has 0 saturated heterocycles. The molecule has 3 aromatic rings. The predicted molar refractivity (Wildman–Crippen MR) is 139 cm³/mol. The van der Waals surface area contributed by atoms with Gasteiger partial charge in [-0.25, -0.2) is 0 Å². The summed E-state index contributed by atoms with van der Waals surface area (Å²) >= 11 is 5.25. The van der Waals surface area contributed by atoms with Gasteiger partial charge in [-0.2, -0.15) is 0 Å². The molecule has 0 aliphatic heterocycles. The van der Waals surface area contributed by atoms with Crippen LogP contribution in [-0.2, 0) is 0 Å². The predicted octanol–water partition coefficient (Wildman–Crippen LogP) is 5.65. The highest BCUT2D eigenvalue weighted by Gasteiger charge is 2.44. The zero-order valence-corrected chi connectivity index (χ0v) is 19.5. The van der Waals surface area contributed by atoms with Crippen molar-refractivity contribution >= 4 is 40.3 Å². The van der Waals surface area contributed by atoms with Crippen LogP contribution >= 0.6 is 19.5 Å². The van der Waals surface area contributed by atoms with E-state index in [-0.39, 0.29) is 0 Å². The highest BCUT2D eigenvalue weighted by Crippen LogP contribution is 2.55. The molecule has 0 aliphatic carbocycles. The molecule has 0 spiro atoms. The van der Waals surface area contributed by atoms with Crippen molar-refractivity contribution in [2.75, 3.05) is 12.7 Å². The minimum Gasteiger partial charge on any atom is -0.326 e. The number of rotatable bonds is 12. The Morgan fingerprint density at radius 3 is 1.43 bits per heavy atom. The molecule has 1 nitrogen and oxygen atoms in total. The molecule has 0 fully saturated rings. The van der Waals surface area contributed by atoms with E-state index in [4.69, 9.17) is 18.0 Å². The largest absolute Gasteiger partial charge is 0.326 e. The maximum atomic E-state index is 5.61. The Balaban J connectivity index is 1.80. The molecule has 0 amide bonds. The summed E-state index contributed by atoms with van der Waals surface area (Å²) in [6.07, 6.45) is 8.41. The zero-order valence-electron chi connectivity index (χ0n) is 17.7. The van der Waals surface area contributed by atoms with Gasteiger partial charge in [0.2, 0.25) is 0 Å². The minimum atomic E-state index is -1.67. The number of hydrogen-bond acceptors (Lipinski definition) is 2. The SMILES string of the molecule is NCC(=S)CCCCCCC[P+](c1ccccc1)(c1ccccc1)c1ccccc1. The third-order valence-electron chi connectivity index (χ3n) is 5.77. The summed E-state index contributed by atoms with van der Waals surface area (Å²) in [6, 6.07) is 33.5. The van der Waals surface area contributed by atoms with Gasteiger partial charge >= 0.3 is 0 Å². The molecule has 0 bridgehead atoms. The number of thiocarbonyl (C=S) groups is 1. The van der Waals surface area contributed by atoms with Crippen molar-refractivity contribution in [1.82, 2.24) is 0 Å². The van der Waals surface area contributed by atoms with Crippen LogP contribution in [0.1, 0.15) is 38.5 Å². The second-order valence-corrected chi connectivity index (χ2v) is 12.0. The molecule has 2 N–H and O–H groups in total. The Kier molecular flexibility index (Phi) is 9.21. The molecule has 3 heteroatoms. The van der Waals surface area contributed by atoms with E-state index in [1.807, 2.05) is 0 Å². The Morgan fingerprint density at radius 1 is 0.600 bits per heavy atom. The molecule has 3 rings (SSSR count). The monoisotopic (exact) mass is 434 g/mol. The minimum absolute atomic E-state index is 0.549. The van der Waals surface area contributed by atoms with Crippen LogP contribution in [0.4, 0.5) is 0 Å². The fourth-order valence-corrected chi connectivity index (χ4v) is 8.74. The lowest BCUT2D eigenvalue weighted by molar-refractivity contribution is 0.645. The van der Waals surface area contributed by atoms with Crippen molar-refractivity contribution in [1.29, 1.82) is 0 Å². The van der Waals surface area contributed by atoms with Gasteiger partial charge in [-0.1, -0.05) is 79.7 Å². The van der Waals surface area contributed by atoms with Crippen LogP contribution in [0.5, 0.6) is 0 Å². The highest BCUT2D eigenvalue weighted by atomic mass is 32.1. The number of hydrogen-bond donors (Lipinski definition) is 1. The first-order valence-corrected chi connectivity index (χ1v) is 13.4. The van der Waals surface area contributed by atoms with Crippen molar-refractivity contribution in [3.8, 4) is 0 Å². The molecule has 0 atom stereocenters. The Labute approximate surface area is 188 Å². The van der Waals surface area contributed by atoms with Crippen LogP contribution in [-0.4, -0.2) is 17.6 Å². The average molecular weight is 435 g/mol. The van der Waals surface area contributed by atoms with Gasteiger partial charge in [-0.05, 0) is 62.1 Å². The fourth-order valence-electron chi connectivity index (χ4n) is 4.19. The quantitative estimate of drug-likeness (QED) is 0.226. The van der Waals surface area contributed by atoms with Gasteiger partial charge in [0.05, 0.1) is 6.16 Å². The molecule has 0 heterocycles. The number of benzene rings is 3. The van der Waals surface area contributed by atoms with E-state index in [1.54, 1.807) is 0 Å². The van der Waals surface area contributed by atoms with Gasteiger partial charge in [-0.3, -0.25) is 0 Å². The summed E-state index contributed by atoms with van der Waals surface area (Å²) in [4.78, 5) is 1.01. The normalized spacial score (nSPS) is 11.4. The molecule has 156 valence electrons. The second-order valence-electron chi connectivity index (χ2n) is 7.80. The smallest absolute Gasteiger partial charge is 0.112 e. The number of unbranched alkanes of at least 4 members (excludes halogenated alkanes) is 4. The Morgan fingerprint density at radius 2 is 1.00 bits per heavy atom. The third kappa shape index (κ3) is 5.85. The van der Waals surface area contributed by atoms with Gasteiger partial charge in [0.1, 0.15) is 23.2 Å². The van der Waals surface area contributed by atoms with Crippen molar-refractivity contribution in [3.63, 3.8) is 0 Å². The van der Waals surface area contributed by atoms with Crippen molar-refractivity contribution in [3.05, 3.63) is 91.0 Å². The standard InChI is InChI=1S/C27H33NPS/c28-23-27(30)21-13-2-1-3-14-22-29(24-15-7-4-8-16-24,25-17-9-5-10-18-25)26-19-11-6-12-20-26/h4-12,15-20H,1-3,13-14,21-23,28H2/q+1. The first-order valence-electron chi connectivity index (χ1n) is 11.0. The molecular formula is C27H33NPS+. The topological polar surface area (TPSA) is 26.0 Å². The maximum Gasteiger partial charge on any atom is 0.112 e. The molecule has 0 aromatic heterocycles. The first-order chi connectivity index (χ1) is 14.8. The van der Waals surface area contributed by atoms with Gasteiger partial charge in [-0.15, -0.1) is 0 Å². The van der Waals surface area contributed by atoms with Crippen LogP contribution in [0.2, 0.25) is 0 Å². The van der Waals surface area contributed by atoms with Crippen molar-refractivity contribution in [2.45, 2.75) is 38.5 Å². The van der Waals surface area contributed by atoms with Crippen LogP contribution < -0.4 is 21.6 Å². The molecule has 0 aliphatic rings. The summed E-state index contributed by atoms with van der Waals surface area (Å²) in [5, 5.41) is 4.45. The van der Waals surface area contributed by atoms with E-state index in [0.717, 1.165) is 11.3 Å². The van der Waals surface area contributed by atoms with E-state index in [2.05, 4.69) is 91.0 Å². The molecular weight excluding hydrogens is 401 g/mol. The Bertz CT molecular complexity index is 784. The van der Waals surface area contributed by atoms with Gasteiger partial charge in [0.25, 0.3) is 0 Å². The highest BCUT2D eigenvalue weighted by molar-refractivity contribution is 7.95. The van der Waals surface area contributed by atoms with Crippen LogP contribution in [0.3, 0.4) is 0 Å². The maximum absolute atomic E-state index is 5.61. The molecule has 0 saturated carbocycles. The van der Waals surface area contributed by atoms with E-state index in [1.165, 1.54) is 54.2 Å². The Hall–Kier alpha value is -1.86. The molecule has 0 radical (unpaired) electrons. The van der Waals surface area contributed by atoms with Gasteiger partial charge < -0.3 is 5.73 Å². The van der Waals surface area contributed by atoms with Gasteiger partial charge in [0, 0.05) is 11.4 Å². The van der Waals surface area contributed by atoms with E-state index in [9.17, 15) is 0 Å². The average Bonchev–Trinajstić information content (AvgIpc) is 2.82. The summed E-state index contributed by atoms with van der Waals surface area (Å²) in [7, 11) is -1.67. The lowest BCUT2D eigenvalue weighted by atomic mass is 10.1. The van der Waals surface area contributed by atoms with Crippen LogP contribution in [0.25, 0.3) is 0 Å². The molecule has 0 unspecified atom stereocenters. The third-order valence-corrected chi connectivity index (χ3v) is 10.7. The molecule has 30 heavy (non-hydrogen) atoms. The lowest BCUT2D eigenvalue weighted by Crippen LogP contribution is -2.33. The van der Waals surface area contributed by atoms with E-state index in [0.29, 0.717) is 6.54 Å². The molecule has 3 aromatic carbocycles. The summed E-state index contributed by atoms with van der Waals surface area (Å²) in [6.45, 7) is 0.549. The van der Waals surface area contributed by atoms with Crippen LogP contribution in [0, 0.1) is 0 Å². The van der Waals surface area contributed by atoms with E-state index >= 15 is 0 Å². The second kappa shape index (κ2) is 12.1. The zero-order chi connectivity index (χ0) is 21.1. The number of nitrogens with two attached hydrogens (primary N) is 1. The summed E-state index contributed by atoms with van der Waals surface area (Å²) in [5.74, 6) is 0.